The van der Waals surface area contributed by atoms with E-state index in [0.717, 1.165) is 29.4 Å². The van der Waals surface area contributed by atoms with E-state index in [1.807, 2.05) is 12.1 Å². The number of para-hydroxylation sites is 1. The normalized spacial score (nSPS) is 11.1. The molecule has 0 amide bonds. The molecule has 0 aromatic heterocycles. The van der Waals surface area contributed by atoms with Crippen LogP contribution in [0, 0.1) is 0 Å². The molecule has 0 spiro atoms. The van der Waals surface area contributed by atoms with Crippen LogP contribution in [0.3, 0.4) is 0 Å². The SMILES string of the molecule is COCCNCc1cccc(Cl)c1N(CCO)C(C)C. The molecular formula is C15H25ClN2O2. The third-order valence-electron chi connectivity index (χ3n) is 3.12. The number of rotatable bonds is 9. The van der Waals surface area contributed by atoms with E-state index in [-0.39, 0.29) is 12.6 Å². The molecule has 20 heavy (non-hydrogen) atoms. The molecule has 0 atom stereocenters. The molecule has 1 aromatic carbocycles. The summed E-state index contributed by atoms with van der Waals surface area (Å²) >= 11 is 6.37. The third-order valence-corrected chi connectivity index (χ3v) is 3.43. The number of ether oxygens (including phenoxy) is 1. The summed E-state index contributed by atoms with van der Waals surface area (Å²) in [4.78, 5) is 2.13. The molecule has 0 saturated carbocycles. The van der Waals surface area contributed by atoms with Gasteiger partial charge in [0, 0.05) is 32.8 Å². The van der Waals surface area contributed by atoms with E-state index in [0.29, 0.717) is 13.2 Å². The molecule has 114 valence electrons. The molecule has 0 fully saturated rings. The molecule has 4 nitrogen and oxygen atoms in total. The molecule has 0 heterocycles. The first kappa shape index (κ1) is 17.2. The van der Waals surface area contributed by atoms with E-state index in [2.05, 4.69) is 30.1 Å². The monoisotopic (exact) mass is 300 g/mol. The Kier molecular flexibility index (Phi) is 7.92. The van der Waals surface area contributed by atoms with E-state index in [4.69, 9.17) is 16.3 Å². The highest BCUT2D eigenvalue weighted by Gasteiger charge is 2.17. The van der Waals surface area contributed by atoms with Crippen molar-refractivity contribution in [2.24, 2.45) is 0 Å². The topological polar surface area (TPSA) is 44.7 Å². The lowest BCUT2D eigenvalue weighted by Gasteiger charge is -2.31. The fraction of sp³-hybridized carbons (Fsp3) is 0.600. The molecule has 2 N–H and O–H groups in total. The molecule has 0 aliphatic heterocycles. The van der Waals surface area contributed by atoms with Gasteiger partial charge < -0.3 is 20.1 Å². The van der Waals surface area contributed by atoms with Crippen LogP contribution in [-0.2, 0) is 11.3 Å². The van der Waals surface area contributed by atoms with Gasteiger partial charge in [0.1, 0.15) is 0 Å². The molecule has 0 bridgehead atoms. The van der Waals surface area contributed by atoms with Crippen LogP contribution >= 0.6 is 11.6 Å². The Morgan fingerprint density at radius 3 is 2.75 bits per heavy atom. The number of halogens is 1. The van der Waals surface area contributed by atoms with Crippen molar-refractivity contribution in [1.82, 2.24) is 5.32 Å². The van der Waals surface area contributed by atoms with Crippen molar-refractivity contribution in [3.63, 3.8) is 0 Å². The van der Waals surface area contributed by atoms with E-state index in [9.17, 15) is 5.11 Å². The molecule has 0 unspecified atom stereocenters. The molecule has 0 radical (unpaired) electrons. The molecule has 0 saturated heterocycles. The summed E-state index contributed by atoms with van der Waals surface area (Å²) in [6.45, 7) is 7.09. The van der Waals surface area contributed by atoms with Gasteiger partial charge in [0.2, 0.25) is 0 Å². The van der Waals surface area contributed by atoms with Gasteiger partial charge in [0.25, 0.3) is 0 Å². The standard InChI is InChI=1S/C15H25ClN2O2/c1-12(2)18(8-9-19)15-13(5-4-6-14(15)16)11-17-7-10-20-3/h4-6,12,17,19H,7-11H2,1-3H3. The van der Waals surface area contributed by atoms with E-state index in [1.54, 1.807) is 7.11 Å². The number of nitrogens with one attached hydrogen (secondary N) is 1. The maximum Gasteiger partial charge on any atom is 0.0643 e. The van der Waals surface area contributed by atoms with E-state index in [1.165, 1.54) is 0 Å². The number of benzene rings is 1. The smallest absolute Gasteiger partial charge is 0.0643 e. The van der Waals surface area contributed by atoms with Crippen molar-refractivity contribution < 1.29 is 9.84 Å². The zero-order valence-corrected chi connectivity index (χ0v) is 13.3. The van der Waals surface area contributed by atoms with Gasteiger partial charge in [0.05, 0.1) is 23.9 Å². The average molecular weight is 301 g/mol. The molecular weight excluding hydrogens is 276 g/mol. The predicted octanol–water partition coefficient (Wildman–Crippen LogP) is 2.28. The fourth-order valence-corrected chi connectivity index (χ4v) is 2.46. The fourth-order valence-electron chi connectivity index (χ4n) is 2.16. The van der Waals surface area contributed by atoms with Crippen LogP contribution in [0.5, 0.6) is 0 Å². The second-order valence-electron chi connectivity index (χ2n) is 4.93. The van der Waals surface area contributed by atoms with Crippen LogP contribution in [0.4, 0.5) is 5.69 Å². The van der Waals surface area contributed by atoms with Gasteiger partial charge >= 0.3 is 0 Å². The quantitative estimate of drug-likeness (QED) is 0.687. The summed E-state index contributed by atoms with van der Waals surface area (Å²) in [6, 6.07) is 6.19. The van der Waals surface area contributed by atoms with Crippen molar-refractivity contribution in [2.75, 3.05) is 38.3 Å². The Morgan fingerprint density at radius 1 is 1.40 bits per heavy atom. The van der Waals surface area contributed by atoms with Crippen LogP contribution in [0.25, 0.3) is 0 Å². The van der Waals surface area contributed by atoms with Gasteiger partial charge in [0.15, 0.2) is 0 Å². The van der Waals surface area contributed by atoms with Crippen LogP contribution in [0.1, 0.15) is 19.4 Å². The zero-order valence-electron chi connectivity index (χ0n) is 12.5. The number of hydrogen-bond acceptors (Lipinski definition) is 4. The molecule has 0 aliphatic carbocycles. The number of aliphatic hydroxyl groups is 1. The molecule has 5 heteroatoms. The van der Waals surface area contributed by atoms with Gasteiger partial charge in [-0.25, -0.2) is 0 Å². The second kappa shape index (κ2) is 9.19. The first-order valence-electron chi connectivity index (χ1n) is 6.96. The lowest BCUT2D eigenvalue weighted by Crippen LogP contribution is -2.35. The molecule has 1 aromatic rings. The average Bonchev–Trinajstić information content (AvgIpc) is 2.42. The number of methoxy groups -OCH3 is 1. The minimum Gasteiger partial charge on any atom is -0.395 e. The van der Waals surface area contributed by atoms with Crippen molar-refractivity contribution in [1.29, 1.82) is 0 Å². The van der Waals surface area contributed by atoms with E-state index >= 15 is 0 Å². The van der Waals surface area contributed by atoms with Crippen LogP contribution in [0.2, 0.25) is 5.02 Å². The van der Waals surface area contributed by atoms with Crippen LogP contribution < -0.4 is 10.2 Å². The van der Waals surface area contributed by atoms with Crippen LogP contribution in [-0.4, -0.2) is 44.6 Å². The summed E-state index contributed by atoms with van der Waals surface area (Å²) in [5.41, 5.74) is 2.14. The Bertz CT molecular complexity index is 399. The summed E-state index contributed by atoms with van der Waals surface area (Å²) in [6.07, 6.45) is 0. The lowest BCUT2D eigenvalue weighted by atomic mass is 10.1. The Hall–Kier alpha value is -0.810. The third kappa shape index (κ3) is 4.94. The maximum absolute atomic E-state index is 9.26. The summed E-state index contributed by atoms with van der Waals surface area (Å²) in [5, 5.41) is 13.3. The highest BCUT2D eigenvalue weighted by Crippen LogP contribution is 2.31. The van der Waals surface area contributed by atoms with Gasteiger partial charge in [-0.2, -0.15) is 0 Å². The summed E-state index contributed by atoms with van der Waals surface area (Å²) in [7, 11) is 1.69. The number of nitrogens with zero attached hydrogens (tertiary/aromatic N) is 1. The number of hydrogen-bond donors (Lipinski definition) is 2. The van der Waals surface area contributed by atoms with Gasteiger partial charge in [-0.15, -0.1) is 0 Å². The molecule has 1 rings (SSSR count). The Morgan fingerprint density at radius 2 is 2.15 bits per heavy atom. The van der Waals surface area contributed by atoms with Crippen molar-refractivity contribution >= 4 is 17.3 Å². The van der Waals surface area contributed by atoms with Crippen molar-refractivity contribution in [2.45, 2.75) is 26.4 Å². The predicted molar refractivity (Wildman–Crippen MR) is 84.6 cm³/mol. The largest absolute Gasteiger partial charge is 0.395 e. The highest BCUT2D eigenvalue weighted by molar-refractivity contribution is 6.33. The number of aliphatic hydroxyl groups excluding tert-OH is 1. The Labute approximate surface area is 126 Å². The van der Waals surface area contributed by atoms with Crippen molar-refractivity contribution in [3.8, 4) is 0 Å². The van der Waals surface area contributed by atoms with E-state index < -0.39 is 0 Å². The number of anilines is 1. The summed E-state index contributed by atoms with van der Waals surface area (Å²) in [5.74, 6) is 0. The van der Waals surface area contributed by atoms with Crippen LogP contribution in [0.15, 0.2) is 18.2 Å². The first-order chi connectivity index (χ1) is 9.61. The summed E-state index contributed by atoms with van der Waals surface area (Å²) < 4.78 is 5.03. The Balaban J connectivity index is 2.91. The highest BCUT2D eigenvalue weighted by atomic mass is 35.5. The first-order valence-corrected chi connectivity index (χ1v) is 7.34. The van der Waals surface area contributed by atoms with Gasteiger partial charge in [-0.05, 0) is 25.5 Å². The minimum atomic E-state index is 0.111. The van der Waals surface area contributed by atoms with Gasteiger partial charge in [-0.3, -0.25) is 0 Å². The zero-order chi connectivity index (χ0) is 15.0. The maximum atomic E-state index is 9.26. The molecule has 0 aliphatic rings. The van der Waals surface area contributed by atoms with Gasteiger partial charge in [-0.1, -0.05) is 23.7 Å². The van der Waals surface area contributed by atoms with Crippen molar-refractivity contribution in [3.05, 3.63) is 28.8 Å². The minimum absolute atomic E-state index is 0.111. The lowest BCUT2D eigenvalue weighted by molar-refractivity contribution is 0.199. The second-order valence-corrected chi connectivity index (χ2v) is 5.34.